The third-order valence-electron chi connectivity index (χ3n) is 4.25. The number of halogens is 2. The maximum atomic E-state index is 13.4. The summed E-state index contributed by atoms with van der Waals surface area (Å²) in [6.45, 7) is 2.01. The smallest absolute Gasteiger partial charge is 0.341 e. The van der Waals surface area contributed by atoms with E-state index in [4.69, 9.17) is 4.74 Å². The number of methoxy groups -OCH3 is 1. The van der Waals surface area contributed by atoms with Gasteiger partial charge in [-0.2, -0.15) is 5.10 Å². The number of rotatable bonds is 4. The van der Waals surface area contributed by atoms with Gasteiger partial charge in [-0.25, -0.2) is 18.6 Å². The van der Waals surface area contributed by atoms with E-state index in [0.717, 1.165) is 12.5 Å². The Morgan fingerprint density at radius 1 is 1.30 bits per heavy atom. The summed E-state index contributed by atoms with van der Waals surface area (Å²) in [6, 6.07) is 2.65. The average Bonchev–Trinajstić information content (AvgIpc) is 2.93. The van der Waals surface area contributed by atoms with Crippen molar-refractivity contribution >= 4 is 12.2 Å². The average molecular weight is 323 g/mol. The van der Waals surface area contributed by atoms with Crippen LogP contribution in [0.15, 0.2) is 23.3 Å². The van der Waals surface area contributed by atoms with Crippen molar-refractivity contribution in [1.82, 2.24) is 9.91 Å². The fraction of sp³-hybridized carbons (Fsp3) is 0.500. The number of likely N-dealkylation sites (tertiary alicyclic amines) is 1. The lowest BCUT2D eigenvalue weighted by atomic mass is 9.97. The van der Waals surface area contributed by atoms with Gasteiger partial charge in [0, 0.05) is 45.5 Å². The van der Waals surface area contributed by atoms with E-state index in [2.05, 4.69) is 5.10 Å². The van der Waals surface area contributed by atoms with Gasteiger partial charge in [-0.05, 0) is 30.0 Å². The van der Waals surface area contributed by atoms with Crippen LogP contribution < -0.4 is 0 Å². The number of carbonyl (C=O) groups excluding carboxylic acids is 1. The van der Waals surface area contributed by atoms with Crippen molar-refractivity contribution in [2.45, 2.75) is 18.9 Å². The first-order valence-electron chi connectivity index (χ1n) is 7.64. The van der Waals surface area contributed by atoms with Crippen LogP contribution in [0.5, 0.6) is 0 Å². The van der Waals surface area contributed by atoms with Crippen molar-refractivity contribution < 1.29 is 18.3 Å². The molecule has 0 spiro atoms. The molecule has 0 aromatic heterocycles. The van der Waals surface area contributed by atoms with Gasteiger partial charge in [-0.3, -0.25) is 0 Å². The van der Waals surface area contributed by atoms with E-state index in [1.807, 2.05) is 0 Å². The summed E-state index contributed by atoms with van der Waals surface area (Å²) >= 11 is 0. The number of urea groups is 1. The SMILES string of the molecule is COCCC1CN(C(=O)N2N=CC[C@H]2c2cc(F)cc(F)c2)C1. The maximum absolute atomic E-state index is 13.4. The van der Waals surface area contributed by atoms with Crippen molar-refractivity contribution in [2.75, 3.05) is 26.8 Å². The Kier molecular flexibility index (Phi) is 4.56. The molecule has 2 aliphatic heterocycles. The minimum atomic E-state index is -0.650. The third kappa shape index (κ3) is 3.34. The molecule has 3 rings (SSSR count). The maximum Gasteiger partial charge on any atom is 0.341 e. The Morgan fingerprint density at radius 3 is 2.65 bits per heavy atom. The van der Waals surface area contributed by atoms with Gasteiger partial charge >= 0.3 is 6.03 Å². The van der Waals surface area contributed by atoms with Gasteiger partial charge < -0.3 is 9.64 Å². The van der Waals surface area contributed by atoms with Crippen LogP contribution >= 0.6 is 0 Å². The third-order valence-corrected chi connectivity index (χ3v) is 4.25. The second kappa shape index (κ2) is 6.62. The van der Waals surface area contributed by atoms with Crippen LogP contribution in [0.3, 0.4) is 0 Å². The number of carbonyl (C=O) groups is 1. The number of amides is 2. The Balaban J connectivity index is 1.65. The molecule has 0 aliphatic carbocycles. The van der Waals surface area contributed by atoms with Crippen LogP contribution in [0.1, 0.15) is 24.4 Å². The topological polar surface area (TPSA) is 45.1 Å². The minimum absolute atomic E-state index is 0.220. The number of hydrogen-bond donors (Lipinski definition) is 0. The van der Waals surface area contributed by atoms with Crippen molar-refractivity contribution in [1.29, 1.82) is 0 Å². The van der Waals surface area contributed by atoms with Gasteiger partial charge in [-0.1, -0.05) is 0 Å². The molecular weight excluding hydrogens is 304 g/mol. The van der Waals surface area contributed by atoms with Crippen molar-refractivity contribution in [3.8, 4) is 0 Å². The van der Waals surface area contributed by atoms with Crippen LogP contribution in [0.4, 0.5) is 13.6 Å². The van der Waals surface area contributed by atoms with E-state index in [1.165, 1.54) is 17.1 Å². The molecule has 7 heteroatoms. The quantitative estimate of drug-likeness (QED) is 0.855. The molecule has 2 aliphatic rings. The van der Waals surface area contributed by atoms with Crippen LogP contribution in [-0.2, 0) is 4.74 Å². The highest BCUT2D eigenvalue weighted by atomic mass is 19.1. The molecule has 23 heavy (non-hydrogen) atoms. The van der Waals surface area contributed by atoms with Gasteiger partial charge in [0.25, 0.3) is 0 Å². The summed E-state index contributed by atoms with van der Waals surface area (Å²) < 4.78 is 31.8. The van der Waals surface area contributed by atoms with E-state index in [9.17, 15) is 13.6 Å². The van der Waals surface area contributed by atoms with E-state index in [0.29, 0.717) is 37.6 Å². The molecule has 1 aromatic rings. The highest BCUT2D eigenvalue weighted by molar-refractivity contribution is 5.79. The monoisotopic (exact) mass is 323 g/mol. The van der Waals surface area contributed by atoms with Gasteiger partial charge in [0.15, 0.2) is 0 Å². The second-order valence-corrected chi connectivity index (χ2v) is 5.93. The standard InChI is InChI=1S/C16H19F2N3O2/c1-23-5-3-11-9-20(10-11)16(22)21-15(2-4-19-21)12-6-13(17)8-14(18)7-12/h4,6-8,11,15H,2-3,5,9-10H2,1H3/t15-/m0/s1. The molecule has 5 nitrogen and oxygen atoms in total. The molecule has 1 atom stereocenters. The normalized spacial score (nSPS) is 20.9. The Morgan fingerprint density at radius 2 is 2.00 bits per heavy atom. The van der Waals surface area contributed by atoms with E-state index >= 15 is 0 Å². The van der Waals surface area contributed by atoms with Gasteiger partial charge in [0.2, 0.25) is 0 Å². The lowest BCUT2D eigenvalue weighted by Crippen LogP contribution is -2.54. The van der Waals surface area contributed by atoms with Crippen molar-refractivity contribution in [3.05, 3.63) is 35.4 Å². The molecule has 0 bridgehead atoms. The predicted molar refractivity (Wildman–Crippen MR) is 81.0 cm³/mol. The van der Waals surface area contributed by atoms with Crippen LogP contribution in [0.2, 0.25) is 0 Å². The lowest BCUT2D eigenvalue weighted by Gasteiger charge is -2.41. The van der Waals surface area contributed by atoms with Crippen molar-refractivity contribution in [3.63, 3.8) is 0 Å². The molecule has 124 valence electrons. The van der Waals surface area contributed by atoms with Crippen LogP contribution in [0, 0.1) is 17.6 Å². The fourth-order valence-electron chi connectivity index (χ4n) is 2.98. The zero-order chi connectivity index (χ0) is 16.4. The molecule has 1 fully saturated rings. The largest absolute Gasteiger partial charge is 0.385 e. The summed E-state index contributed by atoms with van der Waals surface area (Å²) in [5.74, 6) is -0.860. The molecule has 2 heterocycles. The van der Waals surface area contributed by atoms with Crippen LogP contribution in [-0.4, -0.2) is 49.0 Å². The highest BCUT2D eigenvalue weighted by Gasteiger charge is 2.37. The molecule has 0 radical (unpaired) electrons. The zero-order valence-electron chi connectivity index (χ0n) is 12.9. The number of nitrogens with zero attached hydrogens (tertiary/aromatic N) is 3. The first-order valence-corrected chi connectivity index (χ1v) is 7.64. The summed E-state index contributed by atoms with van der Waals surface area (Å²) in [6.07, 6.45) is 2.98. The number of hydrazone groups is 1. The van der Waals surface area contributed by atoms with E-state index in [1.54, 1.807) is 18.2 Å². The van der Waals surface area contributed by atoms with Gasteiger partial charge in [-0.15, -0.1) is 0 Å². The van der Waals surface area contributed by atoms with Gasteiger partial charge in [0.1, 0.15) is 11.6 Å². The van der Waals surface area contributed by atoms with Gasteiger partial charge in [0.05, 0.1) is 6.04 Å². The van der Waals surface area contributed by atoms with E-state index in [-0.39, 0.29) is 6.03 Å². The van der Waals surface area contributed by atoms with Crippen molar-refractivity contribution in [2.24, 2.45) is 11.0 Å². The summed E-state index contributed by atoms with van der Waals surface area (Å²) in [4.78, 5) is 14.2. The number of ether oxygens (including phenoxy) is 1. The second-order valence-electron chi connectivity index (χ2n) is 5.93. The molecular formula is C16H19F2N3O2. The lowest BCUT2D eigenvalue weighted by molar-refractivity contribution is 0.0655. The minimum Gasteiger partial charge on any atom is -0.385 e. The fourth-order valence-corrected chi connectivity index (χ4v) is 2.98. The molecule has 2 amide bonds. The Hall–Kier alpha value is -2.02. The first-order chi connectivity index (χ1) is 11.1. The Labute approximate surface area is 133 Å². The predicted octanol–water partition coefficient (Wildman–Crippen LogP) is 2.79. The summed E-state index contributed by atoms with van der Waals surface area (Å²) in [7, 11) is 1.66. The first kappa shape index (κ1) is 15.9. The zero-order valence-corrected chi connectivity index (χ0v) is 12.9. The van der Waals surface area contributed by atoms with E-state index < -0.39 is 17.7 Å². The highest BCUT2D eigenvalue weighted by Crippen LogP contribution is 2.32. The van der Waals surface area contributed by atoms with Crippen LogP contribution in [0.25, 0.3) is 0 Å². The molecule has 1 aromatic carbocycles. The molecule has 1 saturated heterocycles. The molecule has 0 N–H and O–H groups in total. The molecule has 0 saturated carbocycles. The summed E-state index contributed by atoms with van der Waals surface area (Å²) in [5.41, 5.74) is 0.421. The Bertz CT molecular complexity index is 597. The summed E-state index contributed by atoms with van der Waals surface area (Å²) in [5, 5.41) is 5.41. The number of benzene rings is 1. The molecule has 0 unspecified atom stereocenters. The number of hydrogen-bond acceptors (Lipinski definition) is 3.